The van der Waals surface area contributed by atoms with Crippen LogP contribution in [-0.2, 0) is 4.74 Å². The molecule has 0 aromatic heterocycles. The topological polar surface area (TPSA) is 21.3 Å². The van der Waals surface area contributed by atoms with Gasteiger partial charge in [0.1, 0.15) is 0 Å². The zero-order chi connectivity index (χ0) is 6.55. The molecule has 0 aromatic carbocycles. The molecule has 0 spiro atoms. The predicted molar refractivity (Wildman–Crippen MR) is 37.7 cm³/mol. The highest BCUT2D eigenvalue weighted by Crippen LogP contribution is 2.32. The highest BCUT2D eigenvalue weighted by Gasteiger charge is 2.43. The first-order valence-electron chi connectivity index (χ1n) is 4.03. The maximum atomic E-state index is 5.73. The van der Waals surface area contributed by atoms with Crippen molar-refractivity contribution >= 4 is 0 Å². The van der Waals surface area contributed by atoms with E-state index in [2.05, 4.69) is 17.5 Å². The summed E-state index contributed by atoms with van der Waals surface area (Å²) >= 11 is 0. The Hall–Kier alpha value is -0.340. The monoisotopic (exact) mass is 137 g/mol. The van der Waals surface area contributed by atoms with Crippen LogP contribution in [0.25, 0.3) is 0 Å². The summed E-state index contributed by atoms with van der Waals surface area (Å²) in [5, 5.41) is 3.54. The van der Waals surface area contributed by atoms with Crippen molar-refractivity contribution in [2.45, 2.75) is 37.1 Å². The number of hydrogen-bond donors (Lipinski definition) is 1. The molecule has 3 fully saturated rings. The summed E-state index contributed by atoms with van der Waals surface area (Å²) in [6.07, 6.45) is 7.90. The second kappa shape index (κ2) is 1.63. The standard InChI is InChI=1S/C8H11NO/c1-3-7-6-2-4-8(10-7)5(1)9-6/h1,3,5-9H,2,4H2. The van der Waals surface area contributed by atoms with E-state index in [1.54, 1.807) is 0 Å². The molecule has 4 unspecified atom stereocenters. The fourth-order valence-electron chi connectivity index (χ4n) is 2.26. The third kappa shape index (κ3) is 0.516. The molecule has 3 saturated heterocycles. The van der Waals surface area contributed by atoms with E-state index in [1.165, 1.54) is 12.8 Å². The number of hydrogen-bond acceptors (Lipinski definition) is 2. The van der Waals surface area contributed by atoms with Crippen molar-refractivity contribution in [2.75, 3.05) is 0 Å². The highest BCUT2D eigenvalue weighted by atomic mass is 16.5. The normalized spacial score (nSPS) is 56.0. The van der Waals surface area contributed by atoms with Crippen molar-refractivity contribution in [3.63, 3.8) is 0 Å². The Morgan fingerprint density at radius 1 is 1.30 bits per heavy atom. The molecule has 5 aliphatic heterocycles. The number of morpholine rings is 1. The van der Waals surface area contributed by atoms with Gasteiger partial charge in [-0.1, -0.05) is 12.2 Å². The quantitative estimate of drug-likeness (QED) is 0.489. The van der Waals surface area contributed by atoms with Crippen LogP contribution >= 0.6 is 0 Å². The molecule has 0 aromatic rings. The van der Waals surface area contributed by atoms with E-state index >= 15 is 0 Å². The predicted octanol–water partition coefficient (Wildman–Crippen LogP) is 0.444. The first-order chi connectivity index (χ1) is 4.93. The Kier molecular flexibility index (Phi) is 0.868. The van der Waals surface area contributed by atoms with E-state index in [4.69, 9.17) is 4.74 Å². The van der Waals surface area contributed by atoms with Gasteiger partial charge in [0.25, 0.3) is 0 Å². The van der Waals surface area contributed by atoms with Crippen molar-refractivity contribution in [1.82, 2.24) is 5.32 Å². The summed E-state index contributed by atoms with van der Waals surface area (Å²) in [5.41, 5.74) is 0. The number of fused-ring (bicyclic) bond motifs is 1. The Balaban J connectivity index is 2.04. The first-order valence-corrected chi connectivity index (χ1v) is 4.03. The summed E-state index contributed by atoms with van der Waals surface area (Å²) in [5.74, 6) is 0. The minimum Gasteiger partial charge on any atom is -0.367 e. The Labute approximate surface area is 60.3 Å². The molecule has 54 valence electrons. The van der Waals surface area contributed by atoms with Crippen LogP contribution in [0.1, 0.15) is 12.8 Å². The number of ether oxygens (including phenoxy) is 1. The molecular formula is C8H11NO. The van der Waals surface area contributed by atoms with Gasteiger partial charge in [0.15, 0.2) is 0 Å². The van der Waals surface area contributed by atoms with Gasteiger partial charge in [-0.05, 0) is 12.8 Å². The van der Waals surface area contributed by atoms with Crippen LogP contribution in [0.2, 0.25) is 0 Å². The van der Waals surface area contributed by atoms with Gasteiger partial charge in [0.2, 0.25) is 0 Å². The summed E-state index contributed by atoms with van der Waals surface area (Å²) in [7, 11) is 0. The lowest BCUT2D eigenvalue weighted by atomic mass is 9.84. The number of nitrogens with one attached hydrogen (secondary N) is 1. The summed E-state index contributed by atoms with van der Waals surface area (Å²) in [6, 6.07) is 1.16. The number of piperidine rings is 1. The van der Waals surface area contributed by atoms with Gasteiger partial charge in [-0.25, -0.2) is 0 Å². The van der Waals surface area contributed by atoms with E-state index in [0.717, 1.165) is 0 Å². The largest absolute Gasteiger partial charge is 0.367 e. The lowest BCUT2D eigenvalue weighted by Gasteiger charge is -2.49. The maximum Gasteiger partial charge on any atom is 0.0914 e. The highest BCUT2D eigenvalue weighted by molar-refractivity contribution is 5.17. The molecule has 4 atom stereocenters. The van der Waals surface area contributed by atoms with Crippen LogP contribution in [0.5, 0.6) is 0 Å². The SMILES string of the molecule is C1=CC2OC3CCC2NC13. The third-order valence-corrected chi connectivity index (χ3v) is 2.81. The molecule has 2 nitrogen and oxygen atoms in total. The second-order valence-corrected chi connectivity index (χ2v) is 3.40. The van der Waals surface area contributed by atoms with Crippen molar-refractivity contribution in [1.29, 1.82) is 0 Å². The molecule has 1 N–H and O–H groups in total. The van der Waals surface area contributed by atoms with Crippen LogP contribution in [-0.4, -0.2) is 24.3 Å². The molecule has 5 aliphatic rings. The Morgan fingerprint density at radius 3 is 2.80 bits per heavy atom. The number of rotatable bonds is 0. The van der Waals surface area contributed by atoms with Gasteiger partial charge in [-0.3, -0.25) is 0 Å². The Morgan fingerprint density at radius 2 is 2.30 bits per heavy atom. The van der Waals surface area contributed by atoms with E-state index in [9.17, 15) is 0 Å². The van der Waals surface area contributed by atoms with Crippen molar-refractivity contribution in [2.24, 2.45) is 0 Å². The van der Waals surface area contributed by atoms with Crippen molar-refractivity contribution in [3.05, 3.63) is 12.2 Å². The molecule has 0 saturated carbocycles. The van der Waals surface area contributed by atoms with Crippen LogP contribution < -0.4 is 5.32 Å². The van der Waals surface area contributed by atoms with Gasteiger partial charge in [0, 0.05) is 6.04 Å². The fourth-order valence-corrected chi connectivity index (χ4v) is 2.26. The molecule has 2 heteroatoms. The molecule has 4 bridgehead atoms. The third-order valence-electron chi connectivity index (χ3n) is 2.81. The zero-order valence-corrected chi connectivity index (χ0v) is 5.79. The second-order valence-electron chi connectivity index (χ2n) is 3.40. The van der Waals surface area contributed by atoms with Gasteiger partial charge in [0.05, 0.1) is 18.2 Å². The van der Waals surface area contributed by atoms with Crippen molar-refractivity contribution in [3.8, 4) is 0 Å². The van der Waals surface area contributed by atoms with Gasteiger partial charge < -0.3 is 10.1 Å². The smallest absolute Gasteiger partial charge is 0.0914 e. The minimum atomic E-state index is 0.392. The fraction of sp³-hybridized carbons (Fsp3) is 0.750. The van der Waals surface area contributed by atoms with Crippen LogP contribution in [0.3, 0.4) is 0 Å². The van der Waals surface area contributed by atoms with E-state index in [0.29, 0.717) is 24.3 Å². The average Bonchev–Trinajstić information content (AvgIpc) is 2.05. The van der Waals surface area contributed by atoms with Gasteiger partial charge in [-0.15, -0.1) is 0 Å². The van der Waals surface area contributed by atoms with Crippen LogP contribution in [0.15, 0.2) is 12.2 Å². The van der Waals surface area contributed by atoms with Crippen LogP contribution in [0, 0.1) is 0 Å². The molecule has 10 heavy (non-hydrogen) atoms. The Bertz CT molecular complexity index is 170. The molecule has 0 amide bonds. The van der Waals surface area contributed by atoms with Gasteiger partial charge in [-0.2, -0.15) is 0 Å². The molecular weight excluding hydrogens is 126 g/mol. The summed E-state index contributed by atoms with van der Waals surface area (Å²) < 4.78 is 5.73. The first kappa shape index (κ1) is 5.33. The molecule has 5 heterocycles. The van der Waals surface area contributed by atoms with Crippen molar-refractivity contribution < 1.29 is 4.74 Å². The zero-order valence-electron chi connectivity index (χ0n) is 5.79. The van der Waals surface area contributed by atoms with E-state index in [1.807, 2.05) is 0 Å². The molecule has 0 radical (unpaired) electrons. The molecule has 5 rings (SSSR count). The van der Waals surface area contributed by atoms with E-state index < -0.39 is 0 Å². The lowest BCUT2D eigenvalue weighted by molar-refractivity contribution is -0.105. The molecule has 0 aliphatic carbocycles. The maximum absolute atomic E-state index is 5.73. The summed E-state index contributed by atoms with van der Waals surface area (Å²) in [6.45, 7) is 0. The van der Waals surface area contributed by atoms with Gasteiger partial charge >= 0.3 is 0 Å². The minimum absolute atomic E-state index is 0.392. The lowest BCUT2D eigenvalue weighted by Crippen LogP contribution is -2.64. The van der Waals surface area contributed by atoms with E-state index in [-0.39, 0.29) is 0 Å². The van der Waals surface area contributed by atoms with Crippen LogP contribution in [0.4, 0.5) is 0 Å². The summed E-state index contributed by atoms with van der Waals surface area (Å²) in [4.78, 5) is 0. The average molecular weight is 137 g/mol.